The third-order valence-corrected chi connectivity index (χ3v) is 8.23. The lowest BCUT2D eigenvalue weighted by Crippen LogP contribution is -2.48. The SMILES string of the molecule is Cc1cccc(C=C2Sc3ccc(C(=O)NCCN4CCN(c5cccc(Cl)c5)CC4)cc3N(C)C2=O)c1. The topological polar surface area (TPSA) is 55.9 Å². The van der Waals surface area contributed by atoms with E-state index in [4.69, 9.17) is 11.6 Å². The minimum Gasteiger partial charge on any atom is -0.369 e. The zero-order chi connectivity index (χ0) is 26.6. The van der Waals surface area contributed by atoms with Gasteiger partial charge in [-0.1, -0.05) is 59.3 Å². The van der Waals surface area contributed by atoms with Crippen LogP contribution in [0.4, 0.5) is 11.4 Å². The summed E-state index contributed by atoms with van der Waals surface area (Å²) in [5.74, 6) is -0.198. The zero-order valence-corrected chi connectivity index (χ0v) is 23.2. The molecule has 0 unspecified atom stereocenters. The molecule has 3 aromatic rings. The third-order valence-electron chi connectivity index (χ3n) is 6.92. The number of nitrogens with zero attached hydrogens (tertiary/aromatic N) is 3. The largest absolute Gasteiger partial charge is 0.369 e. The number of benzene rings is 3. The second kappa shape index (κ2) is 11.6. The summed E-state index contributed by atoms with van der Waals surface area (Å²) < 4.78 is 0. The van der Waals surface area contributed by atoms with Crippen LogP contribution in [-0.4, -0.2) is 63.0 Å². The number of anilines is 2. The Labute approximate surface area is 233 Å². The fourth-order valence-corrected chi connectivity index (χ4v) is 6.06. The Balaban J connectivity index is 1.15. The average molecular weight is 547 g/mol. The van der Waals surface area contributed by atoms with Crippen molar-refractivity contribution in [3.05, 3.63) is 93.3 Å². The highest BCUT2D eigenvalue weighted by Crippen LogP contribution is 2.42. The van der Waals surface area contributed by atoms with Crippen LogP contribution in [0, 0.1) is 6.92 Å². The number of halogens is 1. The number of nitrogens with one attached hydrogen (secondary N) is 1. The van der Waals surface area contributed by atoms with Crippen molar-refractivity contribution >= 4 is 52.6 Å². The van der Waals surface area contributed by atoms with Gasteiger partial charge in [0.05, 0.1) is 10.6 Å². The number of thioether (sulfide) groups is 1. The number of carbonyl (C=O) groups is 2. The molecule has 0 atom stereocenters. The van der Waals surface area contributed by atoms with Crippen LogP contribution in [0.15, 0.2) is 76.5 Å². The summed E-state index contributed by atoms with van der Waals surface area (Å²) in [6.07, 6.45) is 1.93. The highest BCUT2D eigenvalue weighted by molar-refractivity contribution is 8.04. The number of piperazine rings is 1. The quantitative estimate of drug-likeness (QED) is 0.425. The summed E-state index contributed by atoms with van der Waals surface area (Å²) in [5, 5.41) is 3.80. The van der Waals surface area contributed by atoms with Crippen LogP contribution in [0.1, 0.15) is 21.5 Å². The Morgan fingerprint density at radius 2 is 1.82 bits per heavy atom. The molecule has 8 heteroatoms. The summed E-state index contributed by atoms with van der Waals surface area (Å²) in [7, 11) is 1.76. The fraction of sp³-hybridized carbons (Fsp3) is 0.267. The fourth-order valence-electron chi connectivity index (χ4n) is 4.78. The molecule has 0 aliphatic carbocycles. The van der Waals surface area contributed by atoms with Crippen LogP contribution in [0.5, 0.6) is 0 Å². The monoisotopic (exact) mass is 546 g/mol. The highest BCUT2D eigenvalue weighted by atomic mass is 35.5. The number of rotatable bonds is 6. The van der Waals surface area contributed by atoms with Crippen LogP contribution in [0.2, 0.25) is 5.02 Å². The highest BCUT2D eigenvalue weighted by Gasteiger charge is 2.27. The molecule has 2 amide bonds. The first-order valence-electron chi connectivity index (χ1n) is 12.8. The maximum Gasteiger partial charge on any atom is 0.264 e. The van der Waals surface area contributed by atoms with Crippen LogP contribution in [0.3, 0.4) is 0 Å². The number of hydrogen-bond acceptors (Lipinski definition) is 5. The Morgan fingerprint density at radius 1 is 1.03 bits per heavy atom. The number of amides is 2. The van der Waals surface area contributed by atoms with E-state index >= 15 is 0 Å². The number of likely N-dealkylation sites (N-methyl/N-ethyl adjacent to an activating group) is 1. The van der Waals surface area contributed by atoms with E-state index in [0.717, 1.165) is 65.1 Å². The Kier molecular flexibility index (Phi) is 8.07. The molecule has 38 heavy (non-hydrogen) atoms. The second-order valence-electron chi connectivity index (χ2n) is 9.64. The molecule has 1 N–H and O–H groups in total. The second-order valence-corrected chi connectivity index (χ2v) is 11.2. The van der Waals surface area contributed by atoms with Crippen LogP contribution in [-0.2, 0) is 4.79 Å². The van der Waals surface area contributed by atoms with Crippen molar-refractivity contribution in [3.63, 3.8) is 0 Å². The van der Waals surface area contributed by atoms with Gasteiger partial charge in [-0.15, -0.1) is 0 Å². The molecule has 6 nitrogen and oxygen atoms in total. The van der Waals surface area contributed by atoms with Gasteiger partial charge in [-0.05, 0) is 55.0 Å². The van der Waals surface area contributed by atoms with Gasteiger partial charge in [0.25, 0.3) is 11.8 Å². The maximum atomic E-state index is 13.1. The molecule has 2 heterocycles. The van der Waals surface area contributed by atoms with Crippen LogP contribution >= 0.6 is 23.4 Å². The minimum absolute atomic E-state index is 0.0709. The van der Waals surface area contributed by atoms with Gasteiger partial charge in [0.15, 0.2) is 0 Å². The van der Waals surface area contributed by atoms with Crippen LogP contribution in [0.25, 0.3) is 6.08 Å². The van der Waals surface area contributed by atoms with Gasteiger partial charge in [-0.3, -0.25) is 14.5 Å². The van der Waals surface area contributed by atoms with Crippen molar-refractivity contribution in [1.82, 2.24) is 10.2 Å². The van der Waals surface area contributed by atoms with Crippen molar-refractivity contribution in [2.45, 2.75) is 11.8 Å². The lowest BCUT2D eigenvalue weighted by atomic mass is 10.1. The summed E-state index contributed by atoms with van der Waals surface area (Å²) in [4.78, 5) is 33.9. The molecule has 196 valence electrons. The molecule has 3 aromatic carbocycles. The first kappa shape index (κ1) is 26.4. The Bertz CT molecular complexity index is 1380. The maximum absolute atomic E-state index is 13.1. The standard InChI is InChI=1S/C30H31ClN4O2S/c1-21-5-3-6-22(17-21)18-28-30(37)33(2)26-19-23(9-10-27(26)38-28)29(36)32-11-12-34-13-15-35(16-14-34)25-8-4-7-24(31)20-25/h3-10,17-20H,11-16H2,1-2H3,(H,32,36). The minimum atomic E-state index is -0.127. The van der Waals surface area contributed by atoms with E-state index in [1.165, 1.54) is 11.8 Å². The summed E-state index contributed by atoms with van der Waals surface area (Å²) >= 11 is 7.58. The van der Waals surface area contributed by atoms with E-state index in [9.17, 15) is 9.59 Å². The van der Waals surface area contributed by atoms with Gasteiger partial charge in [0.2, 0.25) is 0 Å². The predicted molar refractivity (Wildman–Crippen MR) is 157 cm³/mol. The van der Waals surface area contributed by atoms with Gasteiger partial charge in [-0.25, -0.2) is 0 Å². The smallest absolute Gasteiger partial charge is 0.264 e. The van der Waals surface area contributed by atoms with E-state index in [-0.39, 0.29) is 11.8 Å². The number of aryl methyl sites for hydroxylation is 1. The molecular weight excluding hydrogens is 516 g/mol. The number of hydrogen-bond donors (Lipinski definition) is 1. The summed E-state index contributed by atoms with van der Waals surface area (Å²) in [6, 6.07) is 21.6. The van der Waals surface area contributed by atoms with Gasteiger partial charge in [0.1, 0.15) is 0 Å². The molecule has 1 saturated heterocycles. The van der Waals surface area contributed by atoms with Crippen molar-refractivity contribution in [3.8, 4) is 0 Å². The Morgan fingerprint density at radius 3 is 2.58 bits per heavy atom. The first-order chi connectivity index (χ1) is 18.4. The first-order valence-corrected chi connectivity index (χ1v) is 14.0. The van der Waals surface area contributed by atoms with Gasteiger partial charge >= 0.3 is 0 Å². The molecule has 0 aromatic heterocycles. The normalized spacial score (nSPS) is 17.0. The molecule has 0 spiro atoms. The van der Waals surface area contributed by atoms with E-state index in [1.54, 1.807) is 11.9 Å². The van der Waals surface area contributed by atoms with E-state index in [1.807, 2.05) is 67.6 Å². The summed E-state index contributed by atoms with van der Waals surface area (Å²) in [6.45, 7) is 7.12. The predicted octanol–water partition coefficient (Wildman–Crippen LogP) is 5.31. The molecule has 5 rings (SSSR count). The molecular formula is C30H31ClN4O2S. The zero-order valence-electron chi connectivity index (χ0n) is 21.6. The number of fused-ring (bicyclic) bond motifs is 1. The van der Waals surface area contributed by atoms with Crippen LogP contribution < -0.4 is 15.1 Å². The summed E-state index contributed by atoms with van der Waals surface area (Å²) in [5.41, 5.74) is 4.61. The van der Waals surface area contributed by atoms with Crippen molar-refractivity contribution in [1.29, 1.82) is 0 Å². The van der Waals surface area contributed by atoms with Gasteiger partial charge in [0, 0.05) is 67.5 Å². The molecule has 1 fully saturated rings. The molecule has 0 saturated carbocycles. The average Bonchev–Trinajstić information content (AvgIpc) is 2.92. The number of carbonyl (C=O) groups excluding carboxylic acids is 2. The van der Waals surface area contributed by atoms with E-state index in [0.29, 0.717) is 17.0 Å². The van der Waals surface area contributed by atoms with E-state index in [2.05, 4.69) is 27.2 Å². The molecule has 0 radical (unpaired) electrons. The molecule has 2 aliphatic rings. The molecule has 0 bridgehead atoms. The Hall–Kier alpha value is -3.26. The van der Waals surface area contributed by atoms with Gasteiger partial charge < -0.3 is 15.1 Å². The van der Waals surface area contributed by atoms with Gasteiger partial charge in [-0.2, -0.15) is 0 Å². The molecule has 2 aliphatic heterocycles. The van der Waals surface area contributed by atoms with Crippen molar-refractivity contribution in [2.75, 3.05) is 56.1 Å². The lowest BCUT2D eigenvalue weighted by molar-refractivity contribution is -0.114. The third kappa shape index (κ3) is 6.07. The van der Waals surface area contributed by atoms with E-state index < -0.39 is 0 Å². The van der Waals surface area contributed by atoms with Crippen molar-refractivity contribution < 1.29 is 9.59 Å². The lowest BCUT2D eigenvalue weighted by Gasteiger charge is -2.36. The van der Waals surface area contributed by atoms with Crippen molar-refractivity contribution in [2.24, 2.45) is 0 Å².